The van der Waals surface area contributed by atoms with E-state index in [1.165, 1.54) is 12.1 Å². The Balaban J connectivity index is 1.93. The predicted molar refractivity (Wildman–Crippen MR) is 80.0 cm³/mol. The molecular formula is C16H16FN3O2. The van der Waals surface area contributed by atoms with Crippen molar-refractivity contribution in [3.8, 4) is 11.3 Å². The number of carboxylic acids is 1. The maximum Gasteiger partial charge on any atom is 0.326 e. The second-order valence-corrected chi connectivity index (χ2v) is 5.29. The van der Waals surface area contributed by atoms with Gasteiger partial charge in [0.2, 0.25) is 5.95 Å². The van der Waals surface area contributed by atoms with Crippen molar-refractivity contribution in [1.29, 1.82) is 0 Å². The van der Waals surface area contributed by atoms with Crippen molar-refractivity contribution in [3.63, 3.8) is 0 Å². The molecule has 114 valence electrons. The van der Waals surface area contributed by atoms with Gasteiger partial charge >= 0.3 is 5.97 Å². The summed E-state index contributed by atoms with van der Waals surface area (Å²) >= 11 is 0. The average Bonchev–Trinajstić information content (AvgIpc) is 2.55. The van der Waals surface area contributed by atoms with Crippen LogP contribution in [0.5, 0.6) is 0 Å². The van der Waals surface area contributed by atoms with Gasteiger partial charge in [0.15, 0.2) is 0 Å². The SMILES string of the molecule is O=C(O)C1CCCCN1c1nccc(-c2ccc(F)cc2)n1. The minimum Gasteiger partial charge on any atom is -0.480 e. The molecule has 1 aromatic heterocycles. The van der Waals surface area contributed by atoms with Gasteiger partial charge in [-0.1, -0.05) is 0 Å². The Morgan fingerprint density at radius 1 is 1.23 bits per heavy atom. The summed E-state index contributed by atoms with van der Waals surface area (Å²) in [5.41, 5.74) is 1.42. The van der Waals surface area contributed by atoms with Gasteiger partial charge in [-0.05, 0) is 49.6 Å². The van der Waals surface area contributed by atoms with E-state index in [2.05, 4.69) is 9.97 Å². The molecule has 1 saturated heterocycles. The van der Waals surface area contributed by atoms with Crippen LogP contribution in [0, 0.1) is 5.82 Å². The number of nitrogens with zero attached hydrogens (tertiary/aromatic N) is 3. The van der Waals surface area contributed by atoms with Gasteiger partial charge in [-0.25, -0.2) is 19.2 Å². The van der Waals surface area contributed by atoms with Crippen LogP contribution in [0.4, 0.5) is 10.3 Å². The van der Waals surface area contributed by atoms with Crippen LogP contribution in [-0.4, -0.2) is 33.6 Å². The molecule has 2 heterocycles. The van der Waals surface area contributed by atoms with Crippen LogP contribution >= 0.6 is 0 Å². The molecule has 1 aliphatic heterocycles. The summed E-state index contributed by atoms with van der Waals surface area (Å²) in [6, 6.07) is 7.18. The lowest BCUT2D eigenvalue weighted by Crippen LogP contribution is -2.45. The minimum absolute atomic E-state index is 0.306. The molecule has 0 amide bonds. The standard InChI is InChI=1S/C16H16FN3O2/c17-12-6-4-11(5-7-12)13-8-9-18-16(19-13)20-10-2-1-3-14(20)15(21)22/h4-9,14H,1-3,10H2,(H,21,22). The molecular weight excluding hydrogens is 285 g/mol. The Hall–Kier alpha value is -2.50. The van der Waals surface area contributed by atoms with Crippen LogP contribution in [0.2, 0.25) is 0 Å². The second-order valence-electron chi connectivity index (χ2n) is 5.29. The smallest absolute Gasteiger partial charge is 0.326 e. The molecule has 6 heteroatoms. The third-order valence-electron chi connectivity index (χ3n) is 3.83. The van der Waals surface area contributed by atoms with Crippen LogP contribution in [-0.2, 0) is 4.79 Å². The van der Waals surface area contributed by atoms with Crippen LogP contribution in [0.15, 0.2) is 36.5 Å². The number of carbonyl (C=O) groups is 1. The fourth-order valence-electron chi connectivity index (χ4n) is 2.70. The molecule has 1 unspecified atom stereocenters. The molecule has 2 aromatic rings. The molecule has 0 radical (unpaired) electrons. The summed E-state index contributed by atoms with van der Waals surface area (Å²) in [5, 5.41) is 9.35. The molecule has 1 atom stereocenters. The van der Waals surface area contributed by atoms with Crippen molar-refractivity contribution in [1.82, 2.24) is 9.97 Å². The van der Waals surface area contributed by atoms with Crippen LogP contribution < -0.4 is 4.90 Å². The molecule has 22 heavy (non-hydrogen) atoms. The van der Waals surface area contributed by atoms with E-state index in [-0.39, 0.29) is 5.82 Å². The van der Waals surface area contributed by atoms with Gasteiger partial charge in [0, 0.05) is 18.3 Å². The average molecular weight is 301 g/mol. The zero-order chi connectivity index (χ0) is 15.5. The fourth-order valence-corrected chi connectivity index (χ4v) is 2.70. The van der Waals surface area contributed by atoms with E-state index >= 15 is 0 Å². The van der Waals surface area contributed by atoms with Crippen molar-refractivity contribution in [2.24, 2.45) is 0 Å². The summed E-state index contributed by atoms with van der Waals surface area (Å²) in [5.74, 6) is -0.746. The van der Waals surface area contributed by atoms with E-state index in [9.17, 15) is 14.3 Å². The molecule has 0 aliphatic carbocycles. The number of aromatic nitrogens is 2. The summed E-state index contributed by atoms with van der Waals surface area (Å²) in [6.07, 6.45) is 4.02. The van der Waals surface area contributed by atoms with E-state index in [0.717, 1.165) is 18.4 Å². The number of carboxylic acid groups (broad SMARTS) is 1. The largest absolute Gasteiger partial charge is 0.480 e. The third-order valence-corrected chi connectivity index (χ3v) is 3.83. The number of hydrogen-bond acceptors (Lipinski definition) is 4. The second kappa shape index (κ2) is 6.09. The zero-order valence-electron chi connectivity index (χ0n) is 11.9. The van der Waals surface area contributed by atoms with Crippen molar-refractivity contribution in [2.75, 3.05) is 11.4 Å². The Bertz CT molecular complexity index is 675. The highest BCUT2D eigenvalue weighted by atomic mass is 19.1. The van der Waals surface area contributed by atoms with E-state index in [4.69, 9.17) is 0 Å². The maximum atomic E-state index is 13.0. The maximum absolute atomic E-state index is 13.0. The quantitative estimate of drug-likeness (QED) is 0.944. The molecule has 5 nitrogen and oxygen atoms in total. The molecule has 1 N–H and O–H groups in total. The lowest BCUT2D eigenvalue weighted by atomic mass is 10.0. The number of piperidine rings is 1. The lowest BCUT2D eigenvalue weighted by molar-refractivity contribution is -0.139. The van der Waals surface area contributed by atoms with E-state index in [1.807, 2.05) is 0 Å². The van der Waals surface area contributed by atoms with Crippen molar-refractivity contribution < 1.29 is 14.3 Å². The van der Waals surface area contributed by atoms with Crippen LogP contribution in [0.25, 0.3) is 11.3 Å². The predicted octanol–water partition coefficient (Wildman–Crippen LogP) is 2.73. The zero-order valence-corrected chi connectivity index (χ0v) is 11.9. The van der Waals surface area contributed by atoms with E-state index in [0.29, 0.717) is 24.6 Å². The van der Waals surface area contributed by atoms with Gasteiger partial charge in [0.25, 0.3) is 0 Å². The van der Waals surface area contributed by atoms with Crippen molar-refractivity contribution in [2.45, 2.75) is 25.3 Å². The molecule has 1 fully saturated rings. The Morgan fingerprint density at radius 3 is 2.73 bits per heavy atom. The Morgan fingerprint density at radius 2 is 2.00 bits per heavy atom. The van der Waals surface area contributed by atoms with Crippen molar-refractivity contribution >= 4 is 11.9 Å². The number of halogens is 1. The first-order valence-electron chi connectivity index (χ1n) is 7.23. The summed E-state index contributed by atoms with van der Waals surface area (Å²) in [4.78, 5) is 21.8. The lowest BCUT2D eigenvalue weighted by Gasteiger charge is -2.32. The molecule has 0 saturated carbocycles. The third kappa shape index (κ3) is 2.90. The highest BCUT2D eigenvalue weighted by molar-refractivity contribution is 5.77. The highest BCUT2D eigenvalue weighted by Gasteiger charge is 2.30. The van der Waals surface area contributed by atoms with Gasteiger partial charge in [-0.3, -0.25) is 0 Å². The Labute approximate surface area is 127 Å². The number of anilines is 1. The minimum atomic E-state index is -0.851. The molecule has 1 aliphatic rings. The van der Waals surface area contributed by atoms with Crippen molar-refractivity contribution in [3.05, 3.63) is 42.3 Å². The number of rotatable bonds is 3. The van der Waals surface area contributed by atoms with E-state index < -0.39 is 12.0 Å². The number of aliphatic carboxylic acids is 1. The van der Waals surface area contributed by atoms with Gasteiger partial charge in [-0.15, -0.1) is 0 Å². The van der Waals surface area contributed by atoms with Gasteiger partial charge in [-0.2, -0.15) is 0 Å². The van der Waals surface area contributed by atoms with Gasteiger partial charge in [0.1, 0.15) is 11.9 Å². The normalized spacial score (nSPS) is 18.2. The summed E-state index contributed by atoms with van der Waals surface area (Å²) in [7, 11) is 0. The molecule has 1 aromatic carbocycles. The highest BCUT2D eigenvalue weighted by Crippen LogP contribution is 2.24. The molecule has 0 bridgehead atoms. The number of hydrogen-bond donors (Lipinski definition) is 1. The van der Waals surface area contributed by atoms with Gasteiger partial charge < -0.3 is 10.0 Å². The fraction of sp³-hybridized carbons (Fsp3) is 0.312. The first-order valence-corrected chi connectivity index (χ1v) is 7.23. The van der Waals surface area contributed by atoms with E-state index in [1.54, 1.807) is 29.3 Å². The van der Waals surface area contributed by atoms with Crippen LogP contribution in [0.1, 0.15) is 19.3 Å². The first kappa shape index (κ1) is 14.4. The topological polar surface area (TPSA) is 66.3 Å². The number of benzene rings is 1. The van der Waals surface area contributed by atoms with Crippen LogP contribution in [0.3, 0.4) is 0 Å². The summed E-state index contributed by atoms with van der Waals surface area (Å²) in [6.45, 7) is 0.629. The first-order chi connectivity index (χ1) is 10.6. The molecule has 0 spiro atoms. The summed E-state index contributed by atoms with van der Waals surface area (Å²) < 4.78 is 13.0. The molecule has 3 rings (SSSR count). The monoisotopic (exact) mass is 301 g/mol. The van der Waals surface area contributed by atoms with Gasteiger partial charge in [0.05, 0.1) is 5.69 Å². The Kier molecular flexibility index (Phi) is 4.00.